The monoisotopic (exact) mass is 679 g/mol. The largest absolute Gasteiger partial charge is 0.487 e. The van der Waals surface area contributed by atoms with Crippen molar-refractivity contribution in [3.63, 3.8) is 0 Å². The van der Waals surface area contributed by atoms with Gasteiger partial charge in [0.2, 0.25) is 5.91 Å². The van der Waals surface area contributed by atoms with Crippen LogP contribution in [0, 0.1) is 5.41 Å². The van der Waals surface area contributed by atoms with E-state index in [0.717, 1.165) is 24.3 Å². The second-order valence-corrected chi connectivity index (χ2v) is 10.7. The molecule has 3 rings (SSSR count). The predicted molar refractivity (Wildman–Crippen MR) is 152 cm³/mol. The summed E-state index contributed by atoms with van der Waals surface area (Å²) in [5, 5.41) is 6.79. The highest BCUT2D eigenvalue weighted by molar-refractivity contribution is 6.34. The molecular formula is C30H26ClF8N3O4. The number of benzene rings is 3. The molecule has 248 valence electrons. The lowest BCUT2D eigenvalue weighted by Crippen LogP contribution is -2.46. The Hall–Kier alpha value is -4.40. The SMILES string of the molecule is CC(C)(C(=O)NCc1ccc(Cl)c(C(=O)Nc2ccc(OCC(F)F)c(C(=O)NCc3ccccc3C(F)(F)F)c2)c1)C(F)(F)F. The fourth-order valence-corrected chi connectivity index (χ4v) is 4.08. The molecule has 0 aromatic heterocycles. The summed E-state index contributed by atoms with van der Waals surface area (Å²) in [5.74, 6) is -3.52. The summed E-state index contributed by atoms with van der Waals surface area (Å²) in [6.07, 6.45) is -12.4. The first-order valence-electron chi connectivity index (χ1n) is 13.2. The van der Waals surface area contributed by atoms with Gasteiger partial charge in [-0.2, -0.15) is 26.3 Å². The third-order valence-corrected chi connectivity index (χ3v) is 6.94. The van der Waals surface area contributed by atoms with E-state index >= 15 is 0 Å². The molecule has 0 aliphatic heterocycles. The Bertz CT molecular complexity index is 1590. The third kappa shape index (κ3) is 9.08. The normalized spacial score (nSPS) is 12.1. The molecule has 3 aromatic rings. The van der Waals surface area contributed by atoms with Crippen LogP contribution in [0.4, 0.5) is 40.8 Å². The Morgan fingerprint density at radius 2 is 1.50 bits per heavy atom. The number of rotatable bonds is 11. The van der Waals surface area contributed by atoms with Crippen LogP contribution in [-0.2, 0) is 24.1 Å². The van der Waals surface area contributed by atoms with Gasteiger partial charge in [0.1, 0.15) is 17.8 Å². The number of alkyl halides is 8. The van der Waals surface area contributed by atoms with E-state index in [0.29, 0.717) is 13.8 Å². The van der Waals surface area contributed by atoms with Gasteiger partial charge in [-0.3, -0.25) is 14.4 Å². The average Bonchev–Trinajstić information content (AvgIpc) is 2.97. The molecule has 0 radical (unpaired) electrons. The van der Waals surface area contributed by atoms with Gasteiger partial charge in [-0.25, -0.2) is 8.78 Å². The number of hydrogen-bond donors (Lipinski definition) is 3. The van der Waals surface area contributed by atoms with Gasteiger partial charge in [0, 0.05) is 18.8 Å². The van der Waals surface area contributed by atoms with Crippen molar-refractivity contribution in [2.45, 2.75) is 45.7 Å². The number of anilines is 1. The van der Waals surface area contributed by atoms with Crippen molar-refractivity contribution >= 4 is 35.0 Å². The minimum absolute atomic E-state index is 0.0723. The lowest BCUT2D eigenvalue weighted by molar-refractivity contribution is -0.211. The second kappa shape index (κ2) is 14.4. The van der Waals surface area contributed by atoms with Crippen molar-refractivity contribution in [3.8, 4) is 5.75 Å². The molecule has 0 aliphatic carbocycles. The summed E-state index contributed by atoms with van der Waals surface area (Å²) in [7, 11) is 0. The molecule has 0 bridgehead atoms. The van der Waals surface area contributed by atoms with Crippen molar-refractivity contribution in [1.82, 2.24) is 10.6 Å². The van der Waals surface area contributed by atoms with Crippen molar-refractivity contribution in [2.75, 3.05) is 11.9 Å². The molecule has 3 aromatic carbocycles. The van der Waals surface area contributed by atoms with E-state index in [-0.39, 0.29) is 39.7 Å². The van der Waals surface area contributed by atoms with E-state index in [2.05, 4.69) is 16.0 Å². The fraction of sp³-hybridized carbons (Fsp3) is 0.300. The van der Waals surface area contributed by atoms with Crippen molar-refractivity contribution in [1.29, 1.82) is 0 Å². The zero-order valence-electron chi connectivity index (χ0n) is 24.0. The Morgan fingerprint density at radius 3 is 2.13 bits per heavy atom. The van der Waals surface area contributed by atoms with Crippen LogP contribution >= 0.6 is 11.6 Å². The van der Waals surface area contributed by atoms with Gasteiger partial charge in [0.25, 0.3) is 18.2 Å². The second-order valence-electron chi connectivity index (χ2n) is 10.3. The third-order valence-electron chi connectivity index (χ3n) is 6.61. The van der Waals surface area contributed by atoms with Crippen LogP contribution in [0.5, 0.6) is 5.75 Å². The molecule has 0 spiro atoms. The Morgan fingerprint density at radius 1 is 0.826 bits per heavy atom. The molecule has 3 amide bonds. The number of halogens is 9. The van der Waals surface area contributed by atoms with E-state index in [4.69, 9.17) is 16.3 Å². The van der Waals surface area contributed by atoms with Gasteiger partial charge >= 0.3 is 12.4 Å². The molecule has 0 atom stereocenters. The van der Waals surface area contributed by atoms with Crippen LogP contribution in [0.15, 0.2) is 60.7 Å². The highest BCUT2D eigenvalue weighted by atomic mass is 35.5. The number of ether oxygens (including phenoxy) is 1. The Balaban J connectivity index is 1.82. The molecule has 0 fully saturated rings. The van der Waals surface area contributed by atoms with E-state index in [1.54, 1.807) is 0 Å². The van der Waals surface area contributed by atoms with Gasteiger partial charge in [0.15, 0.2) is 0 Å². The molecule has 0 aliphatic rings. The summed E-state index contributed by atoms with van der Waals surface area (Å²) in [5.41, 5.74) is -4.36. The molecule has 7 nitrogen and oxygen atoms in total. The van der Waals surface area contributed by atoms with Crippen molar-refractivity contribution in [2.24, 2.45) is 5.41 Å². The number of hydrogen-bond acceptors (Lipinski definition) is 4. The zero-order chi connectivity index (χ0) is 34.4. The van der Waals surface area contributed by atoms with Gasteiger partial charge in [0.05, 0.1) is 21.7 Å². The highest BCUT2D eigenvalue weighted by Crippen LogP contribution is 2.37. The van der Waals surface area contributed by atoms with Crippen LogP contribution in [-0.4, -0.2) is 36.9 Å². The van der Waals surface area contributed by atoms with E-state index in [9.17, 15) is 49.5 Å². The van der Waals surface area contributed by atoms with Gasteiger partial charge in [-0.15, -0.1) is 0 Å². The number of nitrogens with one attached hydrogen (secondary N) is 3. The molecule has 0 heterocycles. The quantitative estimate of drug-likeness (QED) is 0.184. The first kappa shape index (κ1) is 36.1. The lowest BCUT2D eigenvalue weighted by atomic mass is 9.91. The predicted octanol–water partition coefficient (Wildman–Crippen LogP) is 7.39. The van der Waals surface area contributed by atoms with E-state index < -0.39 is 66.2 Å². The maximum Gasteiger partial charge on any atom is 0.416 e. The molecule has 0 saturated heterocycles. The summed E-state index contributed by atoms with van der Waals surface area (Å²) in [6.45, 7) is -0.653. The van der Waals surface area contributed by atoms with Crippen LogP contribution in [0.25, 0.3) is 0 Å². The first-order valence-corrected chi connectivity index (χ1v) is 13.6. The molecule has 46 heavy (non-hydrogen) atoms. The Labute approximate surface area is 262 Å². The summed E-state index contributed by atoms with van der Waals surface area (Å²) in [6, 6.07) is 11.7. The topological polar surface area (TPSA) is 96.5 Å². The van der Waals surface area contributed by atoms with Gasteiger partial charge in [-0.05, 0) is 61.4 Å². The maximum absolute atomic E-state index is 13.4. The van der Waals surface area contributed by atoms with Gasteiger partial charge in [-0.1, -0.05) is 35.9 Å². The lowest BCUT2D eigenvalue weighted by Gasteiger charge is -2.26. The van der Waals surface area contributed by atoms with Gasteiger partial charge < -0.3 is 20.7 Å². The summed E-state index contributed by atoms with van der Waals surface area (Å²) in [4.78, 5) is 38.2. The smallest absolute Gasteiger partial charge is 0.416 e. The Kier molecular flexibility index (Phi) is 11.3. The zero-order valence-corrected chi connectivity index (χ0v) is 24.8. The molecular weight excluding hydrogens is 654 g/mol. The first-order chi connectivity index (χ1) is 21.3. The van der Waals surface area contributed by atoms with Crippen LogP contribution < -0.4 is 20.7 Å². The fourth-order valence-electron chi connectivity index (χ4n) is 3.87. The number of carbonyl (C=O) groups is 3. The van der Waals surface area contributed by atoms with Crippen LogP contribution in [0.1, 0.15) is 51.3 Å². The standard InChI is InChI=1S/C30H26ClF8N3O4/c1-28(2,30(37,38)39)27(45)41-13-16-7-9-22(31)19(11-16)26(44)42-18-8-10-23(46-15-24(32)33)20(12-18)25(43)40-14-17-5-3-4-6-21(17)29(34,35)36/h3-12,24H,13-15H2,1-2H3,(H,40,43)(H,41,45)(H,42,44). The number of carbonyl (C=O) groups excluding carboxylic acids is 3. The van der Waals surface area contributed by atoms with Crippen LogP contribution in [0.2, 0.25) is 5.02 Å². The summed E-state index contributed by atoms with van der Waals surface area (Å²) < 4.78 is 110. The van der Waals surface area contributed by atoms with Crippen LogP contribution in [0.3, 0.4) is 0 Å². The van der Waals surface area contributed by atoms with Crippen molar-refractivity contribution in [3.05, 3.63) is 93.5 Å². The highest BCUT2D eigenvalue weighted by Gasteiger charge is 2.52. The molecule has 16 heteroatoms. The molecule has 0 unspecified atom stereocenters. The minimum atomic E-state index is -4.81. The molecule has 3 N–H and O–H groups in total. The minimum Gasteiger partial charge on any atom is -0.487 e. The summed E-state index contributed by atoms with van der Waals surface area (Å²) >= 11 is 6.14. The van der Waals surface area contributed by atoms with E-state index in [1.807, 2.05) is 0 Å². The average molecular weight is 680 g/mol. The number of amides is 3. The van der Waals surface area contributed by atoms with Crippen molar-refractivity contribution < 1.29 is 54.2 Å². The maximum atomic E-state index is 13.4. The molecule has 0 saturated carbocycles. The van der Waals surface area contributed by atoms with E-state index in [1.165, 1.54) is 36.4 Å².